The number of nitrogens with zero attached hydrogens (tertiary/aromatic N) is 2. The Morgan fingerprint density at radius 1 is 1.43 bits per heavy atom. The fourth-order valence-electron chi connectivity index (χ4n) is 2.22. The molecule has 0 bridgehead atoms. The zero-order chi connectivity index (χ0) is 17.0. The van der Waals surface area contributed by atoms with Crippen LogP contribution >= 0.6 is 35.3 Å². The van der Waals surface area contributed by atoms with Crippen LogP contribution in [0.2, 0.25) is 0 Å². The van der Waals surface area contributed by atoms with Gasteiger partial charge in [0.15, 0.2) is 10.9 Å². The third-order valence-electron chi connectivity index (χ3n) is 3.56. The molecular formula is C14H21N4O2S3+. The fourth-order valence-corrected chi connectivity index (χ4v) is 4.15. The number of aryl methyl sites for hydroxylation is 1. The predicted molar refractivity (Wildman–Crippen MR) is 98.7 cm³/mol. The highest BCUT2D eigenvalue weighted by Gasteiger charge is 2.20. The number of carbonyl (C=O) groups is 2. The Kier molecular flexibility index (Phi) is 6.51. The highest BCUT2D eigenvalue weighted by molar-refractivity contribution is 8.23. The third kappa shape index (κ3) is 5.23. The van der Waals surface area contributed by atoms with Crippen molar-refractivity contribution >= 4 is 56.5 Å². The van der Waals surface area contributed by atoms with Gasteiger partial charge < -0.3 is 15.1 Å². The first-order chi connectivity index (χ1) is 10.9. The molecule has 0 aromatic carbocycles. The number of nitrogens with one attached hydrogen (secondary N) is 2. The average Bonchev–Trinajstić information content (AvgIpc) is 2.86. The second-order valence-corrected chi connectivity index (χ2v) is 8.14. The van der Waals surface area contributed by atoms with Crippen LogP contribution < -0.4 is 10.2 Å². The number of ketones is 1. The second-order valence-electron chi connectivity index (χ2n) is 5.54. The standard InChI is InChI=1S/C14H20N4O2S3/c1-9-12(10(2)19)23-13(15-9)16-11(20)8-22-14(21)18-6-4-17(3)5-7-18/h4-8H2,1-3H3,(H,15,16,20)/p+1. The van der Waals surface area contributed by atoms with Crippen LogP contribution in [0.3, 0.4) is 0 Å². The van der Waals surface area contributed by atoms with E-state index in [1.807, 2.05) is 0 Å². The lowest BCUT2D eigenvalue weighted by Crippen LogP contribution is -3.12. The van der Waals surface area contributed by atoms with E-state index < -0.39 is 0 Å². The van der Waals surface area contributed by atoms with Gasteiger partial charge in [-0.2, -0.15) is 0 Å². The first-order valence-electron chi connectivity index (χ1n) is 7.38. The molecule has 1 aliphatic heterocycles. The van der Waals surface area contributed by atoms with Gasteiger partial charge in [-0.25, -0.2) is 4.98 Å². The number of piperazine rings is 1. The Hall–Kier alpha value is -1.03. The van der Waals surface area contributed by atoms with Gasteiger partial charge in [0.25, 0.3) is 0 Å². The Balaban J connectivity index is 1.80. The van der Waals surface area contributed by atoms with Crippen LogP contribution in [0, 0.1) is 6.92 Å². The molecule has 2 N–H and O–H groups in total. The Labute approximate surface area is 149 Å². The molecule has 1 saturated heterocycles. The predicted octanol–water partition coefficient (Wildman–Crippen LogP) is 0.441. The number of quaternary nitrogens is 1. The highest BCUT2D eigenvalue weighted by Crippen LogP contribution is 2.23. The quantitative estimate of drug-likeness (QED) is 0.590. The van der Waals surface area contributed by atoms with E-state index in [-0.39, 0.29) is 17.4 Å². The minimum Gasteiger partial charge on any atom is -0.346 e. The molecule has 1 amide bonds. The first kappa shape index (κ1) is 18.3. The van der Waals surface area contributed by atoms with E-state index in [1.165, 1.54) is 34.9 Å². The number of rotatable bonds is 4. The number of Topliss-reactive ketones (excluding diaryl/α,β-unsaturated/α-hetero) is 1. The van der Waals surface area contributed by atoms with Gasteiger partial charge in [-0.1, -0.05) is 35.3 Å². The highest BCUT2D eigenvalue weighted by atomic mass is 32.2. The first-order valence-corrected chi connectivity index (χ1v) is 9.59. The van der Waals surface area contributed by atoms with Crippen molar-refractivity contribution in [2.45, 2.75) is 13.8 Å². The van der Waals surface area contributed by atoms with Gasteiger partial charge in [0.05, 0.1) is 49.6 Å². The summed E-state index contributed by atoms with van der Waals surface area (Å²) in [6, 6.07) is 0. The summed E-state index contributed by atoms with van der Waals surface area (Å²) in [6.07, 6.45) is 0. The van der Waals surface area contributed by atoms with Crippen LogP contribution in [0.15, 0.2) is 0 Å². The smallest absolute Gasteiger partial charge is 0.236 e. The molecule has 0 saturated carbocycles. The maximum absolute atomic E-state index is 12.0. The van der Waals surface area contributed by atoms with E-state index in [0.29, 0.717) is 15.7 Å². The van der Waals surface area contributed by atoms with Crippen molar-refractivity contribution < 1.29 is 14.5 Å². The number of carbonyl (C=O) groups excluding carboxylic acids is 2. The molecule has 2 heterocycles. The van der Waals surface area contributed by atoms with Crippen molar-refractivity contribution in [2.75, 3.05) is 44.3 Å². The monoisotopic (exact) mass is 373 g/mol. The van der Waals surface area contributed by atoms with Crippen molar-refractivity contribution in [1.82, 2.24) is 9.88 Å². The van der Waals surface area contributed by atoms with Crippen LogP contribution in [-0.4, -0.2) is 64.9 Å². The van der Waals surface area contributed by atoms with Gasteiger partial charge in [-0.3, -0.25) is 9.59 Å². The zero-order valence-corrected chi connectivity index (χ0v) is 15.9. The molecule has 1 aromatic heterocycles. The fraction of sp³-hybridized carbons (Fsp3) is 0.571. The van der Waals surface area contributed by atoms with Crippen molar-refractivity contribution in [3.8, 4) is 0 Å². The molecule has 9 heteroatoms. The molecule has 6 nitrogen and oxygen atoms in total. The number of amides is 1. The summed E-state index contributed by atoms with van der Waals surface area (Å²) < 4.78 is 0.771. The maximum atomic E-state index is 12.0. The van der Waals surface area contributed by atoms with Crippen LogP contribution in [0.4, 0.5) is 5.13 Å². The lowest BCUT2D eigenvalue weighted by Gasteiger charge is -2.31. The van der Waals surface area contributed by atoms with Gasteiger partial charge >= 0.3 is 0 Å². The number of thioether (sulfide) groups is 1. The molecule has 0 unspecified atom stereocenters. The SMILES string of the molecule is CC(=O)c1sc(NC(=O)CSC(=S)N2CC[NH+](C)CC2)nc1C. The Bertz CT molecular complexity index is 609. The van der Waals surface area contributed by atoms with Crippen molar-refractivity contribution in [3.05, 3.63) is 10.6 Å². The summed E-state index contributed by atoms with van der Waals surface area (Å²) in [4.78, 5) is 31.9. The third-order valence-corrected chi connectivity index (χ3v) is 6.26. The largest absolute Gasteiger partial charge is 0.346 e. The minimum atomic E-state index is -0.152. The van der Waals surface area contributed by atoms with E-state index >= 15 is 0 Å². The summed E-state index contributed by atoms with van der Waals surface area (Å²) in [5.74, 6) is 0.0701. The van der Waals surface area contributed by atoms with E-state index in [4.69, 9.17) is 12.2 Å². The molecule has 126 valence electrons. The van der Waals surface area contributed by atoms with Gasteiger partial charge in [0.1, 0.15) is 4.32 Å². The van der Waals surface area contributed by atoms with Crippen LogP contribution in [-0.2, 0) is 4.79 Å². The average molecular weight is 374 g/mol. The lowest BCUT2D eigenvalue weighted by atomic mass is 10.3. The van der Waals surface area contributed by atoms with Crippen LogP contribution in [0.25, 0.3) is 0 Å². The van der Waals surface area contributed by atoms with E-state index in [1.54, 1.807) is 6.92 Å². The molecule has 23 heavy (non-hydrogen) atoms. The summed E-state index contributed by atoms with van der Waals surface area (Å²) >= 11 is 7.98. The number of thiazole rings is 1. The summed E-state index contributed by atoms with van der Waals surface area (Å²) in [7, 11) is 2.17. The number of hydrogen-bond donors (Lipinski definition) is 2. The molecule has 0 atom stereocenters. The number of hydrogen-bond acceptors (Lipinski definition) is 6. The van der Waals surface area contributed by atoms with Crippen LogP contribution in [0.5, 0.6) is 0 Å². The molecule has 0 spiro atoms. The maximum Gasteiger partial charge on any atom is 0.236 e. The molecule has 1 aliphatic rings. The number of thiocarbonyl (C=S) groups is 1. The molecule has 0 radical (unpaired) electrons. The van der Waals surface area contributed by atoms with Crippen LogP contribution in [0.1, 0.15) is 22.3 Å². The zero-order valence-electron chi connectivity index (χ0n) is 13.5. The number of likely N-dealkylation sites (N-methyl/N-ethyl adjacent to an activating group) is 1. The Morgan fingerprint density at radius 3 is 2.65 bits per heavy atom. The summed E-state index contributed by atoms with van der Waals surface area (Å²) in [6.45, 7) is 7.28. The number of aromatic nitrogens is 1. The van der Waals surface area contributed by atoms with Gasteiger partial charge in [0, 0.05) is 6.92 Å². The molecule has 0 aliphatic carbocycles. The summed E-state index contributed by atoms with van der Waals surface area (Å²) in [5, 5.41) is 3.20. The van der Waals surface area contributed by atoms with Crippen molar-refractivity contribution in [2.24, 2.45) is 0 Å². The second kappa shape index (κ2) is 8.18. The van der Waals surface area contributed by atoms with Crippen molar-refractivity contribution in [1.29, 1.82) is 0 Å². The molecule has 2 rings (SSSR count). The Morgan fingerprint density at radius 2 is 2.09 bits per heavy atom. The molecule has 1 aromatic rings. The van der Waals surface area contributed by atoms with Gasteiger partial charge in [-0.05, 0) is 6.92 Å². The van der Waals surface area contributed by atoms with E-state index in [0.717, 1.165) is 30.5 Å². The molecule has 1 fully saturated rings. The van der Waals surface area contributed by atoms with E-state index in [2.05, 4.69) is 22.2 Å². The lowest BCUT2D eigenvalue weighted by molar-refractivity contribution is -0.883. The molecular weight excluding hydrogens is 352 g/mol. The number of anilines is 1. The van der Waals surface area contributed by atoms with Gasteiger partial charge in [-0.15, -0.1) is 0 Å². The normalized spacial score (nSPS) is 15.5. The summed E-state index contributed by atoms with van der Waals surface area (Å²) in [5.41, 5.74) is 0.654. The van der Waals surface area contributed by atoms with Crippen molar-refractivity contribution in [3.63, 3.8) is 0 Å². The topological polar surface area (TPSA) is 66.7 Å². The minimum absolute atomic E-state index is 0.0340. The van der Waals surface area contributed by atoms with Gasteiger partial charge in [0.2, 0.25) is 5.91 Å². The van der Waals surface area contributed by atoms with E-state index in [9.17, 15) is 9.59 Å².